The zero-order valence-corrected chi connectivity index (χ0v) is 12.7. The molecule has 1 aliphatic rings. The molecule has 1 fully saturated rings. The maximum Gasteiger partial charge on any atom is 0.401 e. The van der Waals surface area contributed by atoms with Gasteiger partial charge in [0, 0.05) is 32.2 Å². The second-order valence-electron chi connectivity index (χ2n) is 5.88. The van der Waals surface area contributed by atoms with E-state index in [1.807, 2.05) is 4.90 Å². The molecule has 2 unspecified atom stereocenters. The zero-order valence-electron chi connectivity index (χ0n) is 12.7. The Morgan fingerprint density at radius 2 is 1.91 bits per heavy atom. The molecule has 0 radical (unpaired) electrons. The van der Waals surface area contributed by atoms with Crippen LogP contribution in [0, 0.1) is 11.6 Å². The number of piperazine rings is 1. The number of halogens is 5. The molecule has 1 aromatic rings. The molecule has 0 aliphatic carbocycles. The SMILES string of the molecule is CC1CN(CC(O)c2ccc(F)c(F)c2)CCN1CC(F)(F)F. The van der Waals surface area contributed by atoms with Crippen LogP contribution in [0.15, 0.2) is 18.2 Å². The van der Waals surface area contributed by atoms with Crippen molar-refractivity contribution in [2.24, 2.45) is 0 Å². The zero-order chi connectivity index (χ0) is 17.2. The van der Waals surface area contributed by atoms with Crippen molar-refractivity contribution in [1.82, 2.24) is 9.80 Å². The van der Waals surface area contributed by atoms with E-state index in [1.165, 1.54) is 11.0 Å². The van der Waals surface area contributed by atoms with Gasteiger partial charge in [0.15, 0.2) is 11.6 Å². The molecule has 23 heavy (non-hydrogen) atoms. The van der Waals surface area contributed by atoms with E-state index in [2.05, 4.69) is 0 Å². The number of rotatable bonds is 4. The van der Waals surface area contributed by atoms with Crippen molar-refractivity contribution in [3.05, 3.63) is 35.4 Å². The molecule has 8 heteroatoms. The summed E-state index contributed by atoms with van der Waals surface area (Å²) in [6.07, 6.45) is -5.26. The van der Waals surface area contributed by atoms with E-state index in [9.17, 15) is 27.1 Å². The lowest BCUT2D eigenvalue weighted by molar-refractivity contribution is -0.155. The van der Waals surface area contributed by atoms with Crippen molar-refractivity contribution in [3.63, 3.8) is 0 Å². The van der Waals surface area contributed by atoms with Gasteiger partial charge in [-0.2, -0.15) is 13.2 Å². The molecule has 0 amide bonds. The lowest BCUT2D eigenvalue weighted by Crippen LogP contribution is -2.54. The Labute approximate surface area is 131 Å². The van der Waals surface area contributed by atoms with E-state index in [1.54, 1.807) is 6.92 Å². The Morgan fingerprint density at radius 3 is 2.48 bits per heavy atom. The van der Waals surface area contributed by atoms with Crippen LogP contribution in [0.25, 0.3) is 0 Å². The smallest absolute Gasteiger partial charge is 0.387 e. The van der Waals surface area contributed by atoms with E-state index in [0.29, 0.717) is 13.1 Å². The fourth-order valence-corrected chi connectivity index (χ4v) is 2.77. The summed E-state index contributed by atoms with van der Waals surface area (Å²) >= 11 is 0. The number of alkyl halides is 3. The van der Waals surface area contributed by atoms with Crippen LogP contribution < -0.4 is 0 Å². The van der Waals surface area contributed by atoms with Gasteiger partial charge in [0.1, 0.15) is 0 Å². The Hall–Kier alpha value is -1.25. The number of β-amino-alcohol motifs (C(OH)–C–C–N with tert-alkyl or cyclic N) is 1. The molecule has 1 N–H and O–H groups in total. The second-order valence-corrected chi connectivity index (χ2v) is 5.88. The molecule has 0 bridgehead atoms. The molecule has 2 rings (SSSR count). The molecule has 1 saturated heterocycles. The van der Waals surface area contributed by atoms with Crippen LogP contribution >= 0.6 is 0 Å². The van der Waals surface area contributed by atoms with Crippen LogP contribution in [0.1, 0.15) is 18.6 Å². The number of aliphatic hydroxyl groups excluding tert-OH is 1. The topological polar surface area (TPSA) is 26.7 Å². The van der Waals surface area contributed by atoms with Gasteiger partial charge in [0.25, 0.3) is 0 Å². The number of aliphatic hydroxyl groups is 1. The molecule has 1 heterocycles. The van der Waals surface area contributed by atoms with Crippen molar-refractivity contribution in [3.8, 4) is 0 Å². The number of hydrogen-bond acceptors (Lipinski definition) is 3. The maximum atomic E-state index is 13.2. The third kappa shape index (κ3) is 5.12. The van der Waals surface area contributed by atoms with Crippen LogP contribution in [-0.4, -0.2) is 59.8 Å². The fraction of sp³-hybridized carbons (Fsp3) is 0.600. The predicted molar refractivity (Wildman–Crippen MR) is 74.8 cm³/mol. The van der Waals surface area contributed by atoms with Gasteiger partial charge in [-0.15, -0.1) is 0 Å². The summed E-state index contributed by atoms with van der Waals surface area (Å²) in [6, 6.07) is 2.87. The first-order chi connectivity index (χ1) is 10.7. The average molecular weight is 338 g/mol. The van der Waals surface area contributed by atoms with Gasteiger partial charge in [-0.05, 0) is 24.6 Å². The molecule has 1 aromatic carbocycles. The van der Waals surface area contributed by atoms with E-state index in [-0.39, 0.29) is 24.7 Å². The Balaban J connectivity index is 1.91. The van der Waals surface area contributed by atoms with Crippen molar-refractivity contribution in [1.29, 1.82) is 0 Å². The van der Waals surface area contributed by atoms with Gasteiger partial charge in [-0.25, -0.2) is 8.78 Å². The first-order valence-corrected chi connectivity index (χ1v) is 7.32. The normalized spacial score (nSPS) is 22.3. The highest BCUT2D eigenvalue weighted by Crippen LogP contribution is 2.22. The van der Waals surface area contributed by atoms with E-state index in [4.69, 9.17) is 0 Å². The number of hydrogen-bond donors (Lipinski definition) is 1. The minimum Gasteiger partial charge on any atom is -0.387 e. The molecular formula is C15H19F5N2O. The molecule has 130 valence electrons. The summed E-state index contributed by atoms with van der Waals surface area (Å²) in [6.45, 7) is 1.90. The molecule has 0 spiro atoms. The minimum atomic E-state index is -4.23. The monoisotopic (exact) mass is 338 g/mol. The van der Waals surface area contributed by atoms with Crippen LogP contribution in [0.2, 0.25) is 0 Å². The molecule has 0 aromatic heterocycles. The molecule has 1 aliphatic heterocycles. The largest absolute Gasteiger partial charge is 0.401 e. The quantitative estimate of drug-likeness (QED) is 0.855. The lowest BCUT2D eigenvalue weighted by Gasteiger charge is -2.40. The Kier molecular flexibility index (Phi) is 5.59. The van der Waals surface area contributed by atoms with E-state index >= 15 is 0 Å². The number of benzene rings is 1. The Morgan fingerprint density at radius 1 is 1.22 bits per heavy atom. The van der Waals surface area contributed by atoms with Gasteiger partial charge < -0.3 is 5.11 Å². The van der Waals surface area contributed by atoms with E-state index in [0.717, 1.165) is 12.1 Å². The highest BCUT2D eigenvalue weighted by Gasteiger charge is 2.35. The summed E-state index contributed by atoms with van der Waals surface area (Å²) in [5.41, 5.74) is 0.245. The van der Waals surface area contributed by atoms with Crippen LogP contribution in [0.3, 0.4) is 0 Å². The third-order valence-corrected chi connectivity index (χ3v) is 3.99. The summed E-state index contributed by atoms with van der Waals surface area (Å²) < 4.78 is 63.4. The van der Waals surface area contributed by atoms with E-state index < -0.39 is 30.5 Å². The average Bonchev–Trinajstić information content (AvgIpc) is 2.43. The third-order valence-electron chi connectivity index (χ3n) is 3.99. The first-order valence-electron chi connectivity index (χ1n) is 7.32. The first kappa shape index (κ1) is 18.1. The summed E-state index contributed by atoms with van der Waals surface area (Å²) in [4.78, 5) is 3.17. The van der Waals surface area contributed by atoms with Crippen molar-refractivity contribution in [2.45, 2.75) is 25.2 Å². The lowest BCUT2D eigenvalue weighted by atomic mass is 10.1. The molecule has 2 atom stereocenters. The van der Waals surface area contributed by atoms with Gasteiger partial charge in [0.05, 0.1) is 12.6 Å². The Bertz CT molecular complexity index is 537. The van der Waals surface area contributed by atoms with Crippen molar-refractivity contribution < 1.29 is 27.1 Å². The predicted octanol–water partition coefficient (Wildman–Crippen LogP) is 2.57. The fourth-order valence-electron chi connectivity index (χ4n) is 2.77. The summed E-state index contributed by atoms with van der Waals surface area (Å²) in [7, 11) is 0. The second kappa shape index (κ2) is 7.11. The van der Waals surface area contributed by atoms with Gasteiger partial charge >= 0.3 is 6.18 Å². The summed E-state index contributed by atoms with van der Waals surface area (Å²) in [5.74, 6) is -2.03. The van der Waals surface area contributed by atoms with Gasteiger partial charge in [-0.3, -0.25) is 9.80 Å². The summed E-state index contributed by atoms with van der Waals surface area (Å²) in [5, 5.41) is 10.1. The minimum absolute atomic E-state index is 0.162. The van der Waals surface area contributed by atoms with Crippen LogP contribution in [0.5, 0.6) is 0 Å². The van der Waals surface area contributed by atoms with Crippen molar-refractivity contribution in [2.75, 3.05) is 32.7 Å². The standard InChI is InChI=1S/C15H19F5N2O/c1-10-7-21(4-5-22(10)9-15(18,19)20)8-14(23)11-2-3-12(16)13(17)6-11/h2-3,6,10,14,23H,4-5,7-9H2,1H3. The van der Waals surface area contributed by atoms with Crippen molar-refractivity contribution >= 4 is 0 Å². The van der Waals surface area contributed by atoms with Crippen LogP contribution in [0.4, 0.5) is 22.0 Å². The molecule has 0 saturated carbocycles. The van der Waals surface area contributed by atoms with Crippen LogP contribution in [-0.2, 0) is 0 Å². The maximum absolute atomic E-state index is 13.2. The highest BCUT2D eigenvalue weighted by atomic mass is 19.4. The highest BCUT2D eigenvalue weighted by molar-refractivity contribution is 5.20. The molecular weight excluding hydrogens is 319 g/mol. The van der Waals surface area contributed by atoms with Gasteiger partial charge in [0.2, 0.25) is 0 Å². The molecule has 3 nitrogen and oxygen atoms in total. The number of nitrogens with zero attached hydrogens (tertiary/aromatic N) is 2. The van der Waals surface area contributed by atoms with Gasteiger partial charge in [-0.1, -0.05) is 6.07 Å².